The first-order valence-electron chi connectivity index (χ1n) is 7.42. The highest BCUT2D eigenvalue weighted by atomic mass is 16.4. The predicted molar refractivity (Wildman–Crippen MR) is 88.9 cm³/mol. The minimum absolute atomic E-state index is 0.0471. The van der Waals surface area contributed by atoms with Crippen molar-refractivity contribution < 1.29 is 14.7 Å². The number of aryl methyl sites for hydroxylation is 1. The minimum Gasteiger partial charge on any atom is -0.481 e. The van der Waals surface area contributed by atoms with Crippen LogP contribution in [0.3, 0.4) is 0 Å². The molecule has 0 aliphatic carbocycles. The van der Waals surface area contributed by atoms with Gasteiger partial charge in [0.1, 0.15) is 5.82 Å². The largest absolute Gasteiger partial charge is 0.481 e. The SMILES string of the molecule is Cn1cnc2cc(C(=O)N(CCC(=O)O)c3ccccn3)ccc21. The van der Waals surface area contributed by atoms with Crippen LogP contribution in [0.1, 0.15) is 16.8 Å². The number of imidazole rings is 1. The molecule has 1 aromatic carbocycles. The summed E-state index contributed by atoms with van der Waals surface area (Å²) in [5.74, 6) is -0.851. The molecule has 7 nitrogen and oxygen atoms in total. The Kier molecular flexibility index (Phi) is 4.24. The number of anilines is 1. The number of hydrogen-bond donors (Lipinski definition) is 1. The fourth-order valence-corrected chi connectivity index (χ4v) is 2.47. The average Bonchev–Trinajstić information content (AvgIpc) is 2.96. The Labute approximate surface area is 138 Å². The molecule has 7 heteroatoms. The summed E-state index contributed by atoms with van der Waals surface area (Å²) in [6.07, 6.45) is 3.09. The molecule has 2 aromatic heterocycles. The molecule has 0 aliphatic heterocycles. The van der Waals surface area contributed by atoms with Crippen molar-refractivity contribution in [1.82, 2.24) is 14.5 Å². The van der Waals surface area contributed by atoms with Gasteiger partial charge in [0.05, 0.1) is 23.8 Å². The van der Waals surface area contributed by atoms with Crippen LogP contribution in [0.4, 0.5) is 5.82 Å². The molecule has 0 spiro atoms. The van der Waals surface area contributed by atoms with E-state index in [1.165, 1.54) is 4.90 Å². The van der Waals surface area contributed by atoms with Crippen molar-refractivity contribution in [3.8, 4) is 0 Å². The maximum Gasteiger partial charge on any atom is 0.305 e. The van der Waals surface area contributed by atoms with Gasteiger partial charge in [0.15, 0.2) is 0 Å². The number of hydrogen-bond acceptors (Lipinski definition) is 4. The van der Waals surface area contributed by atoms with E-state index in [2.05, 4.69) is 9.97 Å². The quantitative estimate of drug-likeness (QED) is 0.776. The molecule has 0 saturated carbocycles. The third-order valence-electron chi connectivity index (χ3n) is 3.69. The molecule has 0 fully saturated rings. The van der Waals surface area contributed by atoms with Crippen LogP contribution >= 0.6 is 0 Å². The van der Waals surface area contributed by atoms with Gasteiger partial charge >= 0.3 is 5.97 Å². The van der Waals surface area contributed by atoms with E-state index < -0.39 is 5.97 Å². The van der Waals surface area contributed by atoms with Crippen LogP contribution in [0.2, 0.25) is 0 Å². The predicted octanol–water partition coefficient (Wildman–Crippen LogP) is 2.09. The number of aromatic nitrogens is 3. The smallest absolute Gasteiger partial charge is 0.305 e. The van der Waals surface area contributed by atoms with E-state index in [9.17, 15) is 9.59 Å². The lowest BCUT2D eigenvalue weighted by molar-refractivity contribution is -0.136. The molecular formula is C17H16N4O3. The van der Waals surface area contributed by atoms with Crippen molar-refractivity contribution >= 4 is 28.7 Å². The molecule has 0 aliphatic rings. The lowest BCUT2D eigenvalue weighted by Crippen LogP contribution is -2.33. The number of pyridine rings is 1. The van der Waals surface area contributed by atoms with Crippen molar-refractivity contribution in [3.63, 3.8) is 0 Å². The summed E-state index contributed by atoms with van der Waals surface area (Å²) in [6, 6.07) is 10.4. The molecule has 0 unspecified atom stereocenters. The standard InChI is InChI=1S/C17H16N4O3/c1-20-11-19-13-10-12(5-6-14(13)20)17(24)21(9-7-16(22)23)15-4-2-3-8-18-15/h2-6,8,10-11H,7,9H2,1H3,(H,22,23). The second kappa shape index (κ2) is 6.49. The lowest BCUT2D eigenvalue weighted by Gasteiger charge is -2.21. The van der Waals surface area contributed by atoms with Gasteiger partial charge in [-0.2, -0.15) is 0 Å². The number of carboxylic acid groups (broad SMARTS) is 1. The monoisotopic (exact) mass is 324 g/mol. The Morgan fingerprint density at radius 2 is 2.04 bits per heavy atom. The molecule has 2 heterocycles. The summed E-state index contributed by atoms with van der Waals surface area (Å²) >= 11 is 0. The Morgan fingerprint density at radius 3 is 2.75 bits per heavy atom. The fraction of sp³-hybridized carbons (Fsp3) is 0.176. The first-order chi connectivity index (χ1) is 11.6. The zero-order valence-electron chi connectivity index (χ0n) is 13.1. The zero-order valence-corrected chi connectivity index (χ0v) is 13.1. The molecule has 0 atom stereocenters. The fourth-order valence-electron chi connectivity index (χ4n) is 2.47. The van der Waals surface area contributed by atoms with Crippen molar-refractivity contribution in [3.05, 3.63) is 54.5 Å². The van der Waals surface area contributed by atoms with Gasteiger partial charge in [-0.05, 0) is 30.3 Å². The van der Waals surface area contributed by atoms with E-state index in [4.69, 9.17) is 5.11 Å². The highest BCUT2D eigenvalue weighted by Crippen LogP contribution is 2.18. The third kappa shape index (κ3) is 3.10. The van der Waals surface area contributed by atoms with E-state index in [-0.39, 0.29) is 18.9 Å². The molecule has 122 valence electrons. The maximum atomic E-state index is 12.9. The van der Waals surface area contributed by atoms with Crippen molar-refractivity contribution in [1.29, 1.82) is 0 Å². The van der Waals surface area contributed by atoms with Crippen LogP contribution in [-0.2, 0) is 11.8 Å². The van der Waals surface area contributed by atoms with Gasteiger partial charge in [-0.3, -0.25) is 14.5 Å². The summed E-state index contributed by atoms with van der Waals surface area (Å²) in [6.45, 7) is 0.0471. The third-order valence-corrected chi connectivity index (χ3v) is 3.69. The molecule has 1 amide bonds. The Bertz CT molecular complexity index is 889. The highest BCUT2D eigenvalue weighted by molar-refractivity contribution is 6.07. The Hall–Kier alpha value is -3.22. The van der Waals surface area contributed by atoms with Crippen LogP contribution in [0.25, 0.3) is 11.0 Å². The number of amides is 1. The van der Waals surface area contributed by atoms with Gasteiger partial charge < -0.3 is 9.67 Å². The van der Waals surface area contributed by atoms with Gasteiger partial charge in [0.2, 0.25) is 0 Å². The summed E-state index contributed by atoms with van der Waals surface area (Å²) in [5, 5.41) is 8.93. The normalized spacial score (nSPS) is 10.7. The molecule has 24 heavy (non-hydrogen) atoms. The number of carboxylic acids is 1. The van der Waals surface area contributed by atoms with E-state index in [0.717, 1.165) is 5.52 Å². The summed E-state index contributed by atoms with van der Waals surface area (Å²) < 4.78 is 1.87. The van der Waals surface area contributed by atoms with Gasteiger partial charge in [-0.1, -0.05) is 6.07 Å². The number of benzene rings is 1. The number of nitrogens with zero attached hydrogens (tertiary/aromatic N) is 4. The van der Waals surface area contributed by atoms with Crippen molar-refractivity contribution in [2.75, 3.05) is 11.4 Å². The molecule has 0 saturated heterocycles. The molecule has 0 bridgehead atoms. The highest BCUT2D eigenvalue weighted by Gasteiger charge is 2.20. The topological polar surface area (TPSA) is 88.3 Å². The van der Waals surface area contributed by atoms with E-state index in [0.29, 0.717) is 16.9 Å². The first-order valence-corrected chi connectivity index (χ1v) is 7.42. The number of rotatable bonds is 5. The summed E-state index contributed by atoms with van der Waals surface area (Å²) in [4.78, 5) is 33.6. The molecule has 3 rings (SSSR count). The van der Waals surface area contributed by atoms with Gasteiger partial charge in [0.25, 0.3) is 5.91 Å². The maximum absolute atomic E-state index is 12.9. The Morgan fingerprint density at radius 1 is 1.21 bits per heavy atom. The number of carbonyl (C=O) groups excluding carboxylic acids is 1. The van der Waals surface area contributed by atoms with Crippen molar-refractivity contribution in [2.45, 2.75) is 6.42 Å². The Balaban J connectivity index is 1.95. The average molecular weight is 324 g/mol. The molecular weight excluding hydrogens is 308 g/mol. The van der Waals surface area contributed by atoms with Gasteiger partial charge in [-0.25, -0.2) is 9.97 Å². The molecule has 0 radical (unpaired) electrons. The van der Waals surface area contributed by atoms with Crippen LogP contribution in [0.15, 0.2) is 48.9 Å². The second-order valence-corrected chi connectivity index (χ2v) is 5.35. The van der Waals surface area contributed by atoms with Crippen LogP contribution in [-0.4, -0.2) is 38.1 Å². The van der Waals surface area contributed by atoms with E-state index in [1.807, 2.05) is 17.7 Å². The summed E-state index contributed by atoms with van der Waals surface area (Å²) in [7, 11) is 1.88. The minimum atomic E-state index is -0.969. The summed E-state index contributed by atoms with van der Waals surface area (Å²) in [5.41, 5.74) is 2.07. The first kappa shape index (κ1) is 15.7. The van der Waals surface area contributed by atoms with Crippen LogP contribution in [0.5, 0.6) is 0 Å². The number of aliphatic carboxylic acids is 1. The second-order valence-electron chi connectivity index (χ2n) is 5.35. The zero-order chi connectivity index (χ0) is 17.1. The van der Waals surface area contributed by atoms with Gasteiger partial charge in [-0.15, -0.1) is 0 Å². The lowest BCUT2D eigenvalue weighted by atomic mass is 10.1. The van der Waals surface area contributed by atoms with Crippen LogP contribution in [0, 0.1) is 0 Å². The van der Waals surface area contributed by atoms with Crippen LogP contribution < -0.4 is 4.90 Å². The number of fused-ring (bicyclic) bond motifs is 1. The molecule has 1 N–H and O–H groups in total. The number of carbonyl (C=O) groups is 2. The molecule has 3 aromatic rings. The van der Waals surface area contributed by atoms with Gasteiger partial charge in [0, 0.05) is 25.4 Å². The van der Waals surface area contributed by atoms with E-state index >= 15 is 0 Å². The van der Waals surface area contributed by atoms with E-state index in [1.54, 1.807) is 42.9 Å². The van der Waals surface area contributed by atoms with Crippen molar-refractivity contribution in [2.24, 2.45) is 7.05 Å².